The zero-order chi connectivity index (χ0) is 13.5. The van der Waals surface area contributed by atoms with Crippen LogP contribution in [0.4, 0.5) is 0 Å². The third-order valence-electron chi connectivity index (χ3n) is 2.59. The molecule has 1 N–H and O–H groups in total. The minimum absolute atomic E-state index is 0.510. The van der Waals surface area contributed by atoms with Crippen molar-refractivity contribution in [1.82, 2.24) is 40.0 Å². The molecule has 4 heterocycles. The first-order valence-corrected chi connectivity index (χ1v) is 6.70. The summed E-state index contributed by atoms with van der Waals surface area (Å²) in [6, 6.07) is 0. The highest BCUT2D eigenvalue weighted by Crippen LogP contribution is 2.30. The van der Waals surface area contributed by atoms with Crippen molar-refractivity contribution in [1.29, 1.82) is 0 Å². The largest absolute Gasteiger partial charge is 0.274 e. The van der Waals surface area contributed by atoms with E-state index in [-0.39, 0.29) is 0 Å². The van der Waals surface area contributed by atoms with Gasteiger partial charge in [-0.25, -0.2) is 4.98 Å². The molecule has 0 saturated heterocycles. The molecule has 0 unspecified atom stereocenters. The molecule has 20 heavy (non-hydrogen) atoms. The molecule has 98 valence electrons. The molecule has 0 spiro atoms. The monoisotopic (exact) mass is 304 g/mol. The minimum Gasteiger partial charge on any atom is -0.274 e. The molecule has 0 saturated carbocycles. The van der Waals surface area contributed by atoms with Gasteiger partial charge in [-0.1, -0.05) is 22.9 Å². The molecular formula is C10H5ClN8S. The Bertz CT molecular complexity index is 879. The van der Waals surface area contributed by atoms with E-state index in [2.05, 4.69) is 35.5 Å². The highest BCUT2D eigenvalue weighted by molar-refractivity contribution is 7.19. The van der Waals surface area contributed by atoms with Crippen molar-refractivity contribution in [2.24, 2.45) is 0 Å². The summed E-state index contributed by atoms with van der Waals surface area (Å²) in [7, 11) is 0. The average Bonchev–Trinajstić information content (AvgIpc) is 3.13. The van der Waals surface area contributed by atoms with Crippen LogP contribution in [0.25, 0.3) is 27.2 Å². The molecule has 10 heteroatoms. The number of hydrogen-bond donors (Lipinski definition) is 1. The summed E-state index contributed by atoms with van der Waals surface area (Å²) in [5.74, 6) is 0.534. The lowest BCUT2D eigenvalue weighted by atomic mass is 10.4. The number of H-pyrrole nitrogens is 1. The van der Waals surface area contributed by atoms with E-state index >= 15 is 0 Å². The van der Waals surface area contributed by atoms with Gasteiger partial charge in [0.2, 0.25) is 10.8 Å². The number of nitrogens with one attached hydrogen (secondary N) is 1. The molecule has 0 atom stereocenters. The molecule has 4 aromatic heterocycles. The van der Waals surface area contributed by atoms with E-state index in [1.165, 1.54) is 17.5 Å². The molecule has 4 aromatic rings. The van der Waals surface area contributed by atoms with Crippen molar-refractivity contribution < 1.29 is 0 Å². The van der Waals surface area contributed by atoms with Crippen LogP contribution in [0.5, 0.6) is 0 Å². The smallest absolute Gasteiger partial charge is 0.235 e. The molecule has 0 fully saturated rings. The summed E-state index contributed by atoms with van der Waals surface area (Å²) in [6.07, 6.45) is 6.33. The number of nitrogens with zero attached hydrogens (tertiary/aromatic N) is 7. The second-order valence-electron chi connectivity index (χ2n) is 3.81. The topological polar surface area (TPSA) is 97.5 Å². The van der Waals surface area contributed by atoms with Crippen LogP contribution in [0.1, 0.15) is 0 Å². The van der Waals surface area contributed by atoms with Crippen LogP contribution in [0.15, 0.2) is 24.8 Å². The molecule has 0 amide bonds. The summed E-state index contributed by atoms with van der Waals surface area (Å²) in [5.41, 5.74) is 1.26. The normalized spacial score (nSPS) is 11.2. The van der Waals surface area contributed by atoms with E-state index < -0.39 is 0 Å². The molecule has 0 radical (unpaired) electrons. The van der Waals surface area contributed by atoms with E-state index in [0.29, 0.717) is 32.2 Å². The number of rotatable bonds is 2. The van der Waals surface area contributed by atoms with Crippen LogP contribution in [-0.2, 0) is 0 Å². The Hall–Kier alpha value is -2.39. The molecule has 0 aliphatic heterocycles. The van der Waals surface area contributed by atoms with E-state index in [0.717, 1.165) is 0 Å². The number of hydrogen-bond acceptors (Lipinski definition) is 7. The second-order valence-corrected chi connectivity index (χ2v) is 5.17. The quantitative estimate of drug-likeness (QED) is 0.605. The summed E-state index contributed by atoms with van der Waals surface area (Å²) in [5, 5.41) is 20.5. The summed E-state index contributed by atoms with van der Waals surface area (Å²) < 4.78 is 1.61. The lowest BCUT2D eigenvalue weighted by Gasteiger charge is -1.93. The van der Waals surface area contributed by atoms with Gasteiger partial charge < -0.3 is 0 Å². The molecule has 0 aliphatic rings. The molecule has 8 nitrogen and oxygen atoms in total. The van der Waals surface area contributed by atoms with Crippen LogP contribution in [0.3, 0.4) is 0 Å². The van der Waals surface area contributed by atoms with Gasteiger partial charge in [0.05, 0.1) is 17.4 Å². The highest BCUT2D eigenvalue weighted by atomic mass is 35.5. The molecule has 0 aliphatic carbocycles. The summed E-state index contributed by atoms with van der Waals surface area (Å²) in [4.78, 5) is 8.85. The number of aromatic amines is 1. The van der Waals surface area contributed by atoms with Crippen LogP contribution < -0.4 is 0 Å². The molecule has 0 aromatic carbocycles. The highest BCUT2D eigenvalue weighted by Gasteiger charge is 2.17. The Balaban J connectivity index is 1.90. The summed E-state index contributed by atoms with van der Waals surface area (Å²) >= 11 is 7.39. The van der Waals surface area contributed by atoms with Crippen molar-refractivity contribution in [2.45, 2.75) is 0 Å². The van der Waals surface area contributed by atoms with Gasteiger partial charge in [0.15, 0.2) is 5.01 Å². The maximum absolute atomic E-state index is 6.03. The maximum Gasteiger partial charge on any atom is 0.235 e. The van der Waals surface area contributed by atoms with Crippen molar-refractivity contribution >= 4 is 27.9 Å². The van der Waals surface area contributed by atoms with Gasteiger partial charge in [0, 0.05) is 12.4 Å². The average molecular weight is 305 g/mol. The number of aromatic nitrogens is 8. The number of fused-ring (bicyclic) bond motifs is 1. The second kappa shape index (κ2) is 4.32. The summed E-state index contributed by atoms with van der Waals surface area (Å²) in [6.45, 7) is 0. The van der Waals surface area contributed by atoms with E-state index in [1.807, 2.05) is 0 Å². The number of halogens is 1. The lowest BCUT2D eigenvalue weighted by Crippen LogP contribution is -1.93. The first-order chi connectivity index (χ1) is 9.83. The third kappa shape index (κ3) is 1.67. The SMILES string of the molecule is Clc1cn[nH]c1-c1nn2c(-c3cnccn3)nnc2s1. The molecule has 4 rings (SSSR count). The van der Waals surface area contributed by atoms with Crippen LogP contribution in [0, 0.1) is 0 Å². The fourth-order valence-electron chi connectivity index (χ4n) is 1.71. The van der Waals surface area contributed by atoms with Crippen molar-refractivity contribution in [3.8, 4) is 22.2 Å². The van der Waals surface area contributed by atoms with Gasteiger partial charge in [-0.2, -0.15) is 14.7 Å². The zero-order valence-corrected chi connectivity index (χ0v) is 11.3. The van der Waals surface area contributed by atoms with Crippen LogP contribution in [-0.4, -0.2) is 40.0 Å². The Morgan fingerprint density at radius 3 is 2.90 bits per heavy atom. The van der Waals surface area contributed by atoms with Crippen molar-refractivity contribution in [2.75, 3.05) is 0 Å². The Kier molecular flexibility index (Phi) is 2.47. The van der Waals surface area contributed by atoms with Gasteiger partial charge in [0.25, 0.3) is 0 Å². The fourth-order valence-corrected chi connectivity index (χ4v) is 2.80. The maximum atomic E-state index is 6.03. The zero-order valence-electron chi connectivity index (χ0n) is 9.73. The first-order valence-electron chi connectivity index (χ1n) is 5.51. The Morgan fingerprint density at radius 2 is 2.15 bits per heavy atom. The fraction of sp³-hybridized carbons (Fsp3) is 0. The van der Waals surface area contributed by atoms with Crippen molar-refractivity contribution in [3.05, 3.63) is 29.8 Å². The van der Waals surface area contributed by atoms with Gasteiger partial charge in [0.1, 0.15) is 11.4 Å². The van der Waals surface area contributed by atoms with Gasteiger partial charge in [-0.3, -0.25) is 10.1 Å². The van der Waals surface area contributed by atoms with E-state index in [1.54, 1.807) is 23.1 Å². The lowest BCUT2D eigenvalue weighted by molar-refractivity contribution is 0.952. The van der Waals surface area contributed by atoms with Crippen molar-refractivity contribution in [3.63, 3.8) is 0 Å². The Morgan fingerprint density at radius 1 is 1.20 bits per heavy atom. The first kappa shape index (κ1) is 11.4. The van der Waals surface area contributed by atoms with Crippen LogP contribution >= 0.6 is 22.9 Å². The third-order valence-corrected chi connectivity index (χ3v) is 3.79. The standard InChI is InChI=1S/C10H5ClN8S/c11-5-3-14-15-7(5)9-18-19-8(16-17-10(19)20-9)6-4-12-1-2-13-6/h1-4H,(H,14,15). The predicted molar refractivity (Wildman–Crippen MR) is 72.3 cm³/mol. The van der Waals surface area contributed by atoms with E-state index in [4.69, 9.17) is 11.6 Å². The van der Waals surface area contributed by atoms with Gasteiger partial charge in [-0.15, -0.1) is 10.2 Å². The van der Waals surface area contributed by atoms with Gasteiger partial charge in [-0.05, 0) is 0 Å². The molecular weight excluding hydrogens is 300 g/mol. The molecule has 0 bridgehead atoms. The van der Waals surface area contributed by atoms with Crippen LogP contribution in [0.2, 0.25) is 5.02 Å². The minimum atomic E-state index is 0.510. The Labute approximate surface area is 120 Å². The van der Waals surface area contributed by atoms with Gasteiger partial charge >= 0.3 is 0 Å². The predicted octanol–water partition coefficient (Wildman–Crippen LogP) is 1.69. The van der Waals surface area contributed by atoms with E-state index in [9.17, 15) is 0 Å².